The maximum Gasteiger partial charge on any atom is 0.275 e. The molecule has 1 N–H and O–H groups in total. The first-order chi connectivity index (χ1) is 10.7. The van der Waals surface area contributed by atoms with E-state index in [0.717, 1.165) is 0 Å². The topological polar surface area (TPSA) is 75.3 Å². The average molecular weight is 313 g/mol. The zero-order valence-electron chi connectivity index (χ0n) is 13.4. The van der Waals surface area contributed by atoms with E-state index in [-0.39, 0.29) is 6.79 Å². The van der Waals surface area contributed by atoms with Gasteiger partial charge in [-0.15, -0.1) is 0 Å². The van der Waals surface area contributed by atoms with E-state index in [9.17, 15) is 4.79 Å². The summed E-state index contributed by atoms with van der Waals surface area (Å²) in [5.74, 6) is 0.960. The number of ether oxygens (including phenoxy) is 4. The predicted molar refractivity (Wildman–Crippen MR) is 80.4 cm³/mol. The minimum Gasteiger partial charge on any atom is -0.490 e. The van der Waals surface area contributed by atoms with Gasteiger partial charge in [-0.05, 0) is 32.9 Å². The average Bonchev–Trinajstić information content (AvgIpc) is 2.50. The Kier molecular flexibility index (Phi) is 8.09. The van der Waals surface area contributed by atoms with Gasteiger partial charge in [0.15, 0.2) is 18.3 Å². The number of hydrogen-bond donors (Lipinski definition) is 1. The Hall–Kier alpha value is -1.99. The van der Waals surface area contributed by atoms with E-state index in [1.54, 1.807) is 12.1 Å². The Balaban J connectivity index is 3.09. The molecule has 1 amide bonds. The first-order valence-corrected chi connectivity index (χ1v) is 7.15. The third-order valence-corrected chi connectivity index (χ3v) is 2.51. The van der Waals surface area contributed by atoms with Crippen molar-refractivity contribution in [2.45, 2.75) is 20.8 Å². The van der Waals surface area contributed by atoms with Crippen LogP contribution in [0.25, 0.3) is 0 Å². The summed E-state index contributed by atoms with van der Waals surface area (Å²) < 4.78 is 21.4. The Morgan fingerprint density at radius 3 is 2.00 bits per heavy atom. The van der Waals surface area contributed by atoms with Gasteiger partial charge in [-0.2, -0.15) is 0 Å². The summed E-state index contributed by atoms with van der Waals surface area (Å²) in [6.07, 6.45) is 0. The summed E-state index contributed by atoms with van der Waals surface area (Å²) in [6, 6.07) is 3.17. The summed E-state index contributed by atoms with van der Waals surface area (Å²) >= 11 is 0. The van der Waals surface area contributed by atoms with E-state index in [0.29, 0.717) is 42.6 Å². The molecule has 0 saturated carbocycles. The second kappa shape index (κ2) is 9.86. The maximum atomic E-state index is 12.1. The number of benzene rings is 1. The molecule has 0 bridgehead atoms. The van der Waals surface area contributed by atoms with Gasteiger partial charge in [0.05, 0.1) is 19.8 Å². The Labute approximate surface area is 130 Å². The molecule has 0 aliphatic rings. The third kappa shape index (κ3) is 5.09. The van der Waals surface area contributed by atoms with Crippen LogP contribution >= 0.6 is 0 Å². The monoisotopic (exact) mass is 313 g/mol. The summed E-state index contributed by atoms with van der Waals surface area (Å²) in [5.41, 5.74) is 2.61. The van der Waals surface area contributed by atoms with Gasteiger partial charge >= 0.3 is 0 Å². The molecular weight excluding hydrogens is 290 g/mol. The van der Waals surface area contributed by atoms with Gasteiger partial charge in [0.1, 0.15) is 0 Å². The number of rotatable bonds is 10. The van der Waals surface area contributed by atoms with Crippen LogP contribution in [0.1, 0.15) is 31.1 Å². The van der Waals surface area contributed by atoms with Gasteiger partial charge in [-0.25, -0.2) is 10.3 Å². The molecular formula is C15H23NO6. The largest absolute Gasteiger partial charge is 0.490 e. The lowest BCUT2D eigenvalue weighted by molar-refractivity contribution is -0.0704. The third-order valence-electron chi connectivity index (χ3n) is 2.51. The van der Waals surface area contributed by atoms with Crippen LogP contribution in [0, 0.1) is 0 Å². The maximum absolute atomic E-state index is 12.1. The van der Waals surface area contributed by atoms with Crippen LogP contribution in [-0.4, -0.2) is 39.6 Å². The molecule has 124 valence electrons. The zero-order chi connectivity index (χ0) is 16.4. The van der Waals surface area contributed by atoms with Crippen LogP contribution in [0.5, 0.6) is 17.2 Å². The minimum atomic E-state index is -0.429. The SMILES string of the molecule is CCOc1cc(C(=O)NOCOC)cc(OCC)c1OCC. The van der Waals surface area contributed by atoms with E-state index in [4.69, 9.17) is 23.8 Å². The first kappa shape index (κ1) is 18.1. The standard InChI is InChI=1S/C15H23NO6/c1-5-19-12-8-11(15(17)16-22-10-18-4)9-13(20-6-2)14(12)21-7-3/h8-9H,5-7,10H2,1-4H3,(H,16,17). The van der Waals surface area contributed by atoms with Crippen molar-refractivity contribution in [3.05, 3.63) is 17.7 Å². The quantitative estimate of drug-likeness (QED) is 0.405. The molecule has 0 aliphatic carbocycles. The van der Waals surface area contributed by atoms with Crippen LogP contribution in [-0.2, 0) is 9.57 Å². The van der Waals surface area contributed by atoms with E-state index < -0.39 is 5.91 Å². The fourth-order valence-electron chi connectivity index (χ4n) is 1.73. The normalized spacial score (nSPS) is 10.2. The van der Waals surface area contributed by atoms with Gasteiger partial charge in [0.25, 0.3) is 5.91 Å². The zero-order valence-corrected chi connectivity index (χ0v) is 13.4. The Morgan fingerprint density at radius 1 is 1.00 bits per heavy atom. The summed E-state index contributed by atoms with van der Waals surface area (Å²) in [4.78, 5) is 16.9. The molecule has 1 rings (SSSR count). The van der Waals surface area contributed by atoms with Gasteiger partial charge in [0.2, 0.25) is 5.75 Å². The number of hydroxylamine groups is 1. The number of amides is 1. The molecule has 0 radical (unpaired) electrons. The van der Waals surface area contributed by atoms with Crippen molar-refractivity contribution >= 4 is 5.91 Å². The number of nitrogens with one attached hydrogen (secondary N) is 1. The highest BCUT2D eigenvalue weighted by molar-refractivity contribution is 5.95. The number of hydrogen-bond acceptors (Lipinski definition) is 6. The molecule has 1 aromatic carbocycles. The van der Waals surface area contributed by atoms with Crippen molar-refractivity contribution in [1.29, 1.82) is 0 Å². The highest BCUT2D eigenvalue weighted by Crippen LogP contribution is 2.39. The second-order valence-corrected chi connectivity index (χ2v) is 4.08. The lowest BCUT2D eigenvalue weighted by Gasteiger charge is -2.17. The van der Waals surface area contributed by atoms with Crippen LogP contribution in [0.3, 0.4) is 0 Å². The number of methoxy groups -OCH3 is 1. The Morgan fingerprint density at radius 2 is 1.55 bits per heavy atom. The van der Waals surface area contributed by atoms with Crippen LogP contribution in [0.15, 0.2) is 12.1 Å². The Bertz CT molecular complexity index is 450. The van der Waals surface area contributed by atoms with E-state index in [1.807, 2.05) is 20.8 Å². The molecule has 0 heterocycles. The molecule has 0 saturated heterocycles. The first-order valence-electron chi connectivity index (χ1n) is 7.15. The fourth-order valence-corrected chi connectivity index (χ4v) is 1.73. The van der Waals surface area contributed by atoms with Gasteiger partial charge in [0, 0.05) is 12.7 Å². The highest BCUT2D eigenvalue weighted by atomic mass is 16.8. The lowest BCUT2D eigenvalue weighted by Crippen LogP contribution is -2.24. The molecule has 0 aliphatic heterocycles. The lowest BCUT2D eigenvalue weighted by atomic mass is 10.1. The van der Waals surface area contributed by atoms with Crippen molar-refractivity contribution in [2.24, 2.45) is 0 Å². The van der Waals surface area contributed by atoms with Crippen LogP contribution in [0.2, 0.25) is 0 Å². The van der Waals surface area contributed by atoms with Gasteiger partial charge in [-0.3, -0.25) is 4.79 Å². The van der Waals surface area contributed by atoms with Crippen molar-refractivity contribution in [2.75, 3.05) is 33.7 Å². The summed E-state index contributed by atoms with van der Waals surface area (Å²) in [6.45, 7) is 6.87. The summed E-state index contributed by atoms with van der Waals surface area (Å²) in [7, 11) is 1.46. The van der Waals surface area contributed by atoms with E-state index in [2.05, 4.69) is 5.48 Å². The molecule has 7 nitrogen and oxygen atoms in total. The molecule has 0 atom stereocenters. The van der Waals surface area contributed by atoms with Gasteiger partial charge in [-0.1, -0.05) is 0 Å². The second-order valence-electron chi connectivity index (χ2n) is 4.08. The predicted octanol–water partition coefficient (Wildman–Crippen LogP) is 2.15. The molecule has 7 heteroatoms. The molecule has 0 fully saturated rings. The van der Waals surface area contributed by atoms with Crippen LogP contribution in [0.4, 0.5) is 0 Å². The van der Waals surface area contributed by atoms with E-state index >= 15 is 0 Å². The van der Waals surface area contributed by atoms with Crippen molar-refractivity contribution in [3.63, 3.8) is 0 Å². The molecule has 1 aromatic rings. The molecule has 0 aromatic heterocycles. The van der Waals surface area contributed by atoms with Crippen LogP contribution < -0.4 is 19.7 Å². The summed E-state index contributed by atoms with van der Waals surface area (Å²) in [5, 5.41) is 0. The number of carbonyl (C=O) groups excluding carboxylic acids is 1. The molecule has 0 spiro atoms. The van der Waals surface area contributed by atoms with Crippen molar-refractivity contribution < 1.29 is 28.6 Å². The van der Waals surface area contributed by atoms with E-state index in [1.165, 1.54) is 7.11 Å². The molecule has 22 heavy (non-hydrogen) atoms. The fraction of sp³-hybridized carbons (Fsp3) is 0.533. The van der Waals surface area contributed by atoms with Crippen molar-refractivity contribution in [3.8, 4) is 17.2 Å². The highest BCUT2D eigenvalue weighted by Gasteiger charge is 2.18. The smallest absolute Gasteiger partial charge is 0.275 e. The number of carbonyl (C=O) groups is 1. The van der Waals surface area contributed by atoms with Crippen molar-refractivity contribution in [1.82, 2.24) is 5.48 Å². The minimum absolute atomic E-state index is 0.0423. The molecule has 0 unspecified atom stereocenters. The van der Waals surface area contributed by atoms with Gasteiger partial charge < -0.3 is 18.9 Å².